The highest BCUT2D eigenvalue weighted by molar-refractivity contribution is 5.76. The number of amides is 1. The van der Waals surface area contributed by atoms with E-state index in [-0.39, 0.29) is 11.7 Å². The number of para-hydroxylation sites is 2. The standard InChI is InChI=1S/C27H37N3O4/c1-28-17-19-29(20-18-28)24-6-2-3-7-25(24)34-21-5-4-8-26(32)30-15-13-27(33,14-16-30)22-9-11-23(31)12-10-22/h2-3,6-7,9-12,31,33H,4-5,8,13-21H2,1H3. The number of carbonyl (C=O) groups is 1. The Hall–Kier alpha value is -2.77. The molecule has 0 aliphatic carbocycles. The molecule has 2 aromatic rings. The van der Waals surface area contributed by atoms with Crippen LogP contribution in [0.15, 0.2) is 48.5 Å². The molecule has 2 heterocycles. The Morgan fingerprint density at radius 3 is 2.32 bits per heavy atom. The number of hydrogen-bond donors (Lipinski definition) is 2. The molecule has 4 rings (SSSR count). The van der Waals surface area contributed by atoms with Crippen LogP contribution in [0.1, 0.15) is 37.7 Å². The lowest BCUT2D eigenvalue weighted by Crippen LogP contribution is -2.45. The number of nitrogens with zero attached hydrogens (tertiary/aromatic N) is 3. The van der Waals surface area contributed by atoms with E-state index in [0.717, 1.165) is 56.0 Å². The van der Waals surface area contributed by atoms with Crippen LogP contribution in [0.4, 0.5) is 5.69 Å². The lowest BCUT2D eigenvalue weighted by molar-refractivity contribution is -0.135. The van der Waals surface area contributed by atoms with Crippen molar-refractivity contribution >= 4 is 11.6 Å². The fraction of sp³-hybridized carbons (Fsp3) is 0.519. The van der Waals surface area contributed by atoms with E-state index >= 15 is 0 Å². The molecule has 7 heteroatoms. The SMILES string of the molecule is CN1CCN(c2ccccc2OCCCCC(=O)N2CCC(O)(c3ccc(O)cc3)CC2)CC1. The topological polar surface area (TPSA) is 76.5 Å². The number of phenols is 1. The normalized spacial score (nSPS) is 18.6. The minimum Gasteiger partial charge on any atom is -0.508 e. The lowest BCUT2D eigenvalue weighted by atomic mass is 9.84. The van der Waals surface area contributed by atoms with Crippen LogP contribution in [-0.2, 0) is 10.4 Å². The van der Waals surface area contributed by atoms with Gasteiger partial charge in [0.1, 0.15) is 11.5 Å². The molecule has 0 saturated carbocycles. The minimum absolute atomic E-state index is 0.144. The van der Waals surface area contributed by atoms with Gasteiger partial charge in [0.2, 0.25) is 5.91 Å². The van der Waals surface area contributed by atoms with Crippen molar-refractivity contribution in [3.8, 4) is 11.5 Å². The highest BCUT2D eigenvalue weighted by Crippen LogP contribution is 2.34. The molecule has 0 spiro atoms. The molecule has 0 radical (unpaired) electrons. The molecule has 0 bridgehead atoms. The first-order chi connectivity index (χ1) is 16.4. The van der Waals surface area contributed by atoms with Crippen LogP contribution in [0.25, 0.3) is 0 Å². The molecule has 2 N–H and O–H groups in total. The summed E-state index contributed by atoms with van der Waals surface area (Å²) >= 11 is 0. The highest BCUT2D eigenvalue weighted by atomic mass is 16.5. The molecule has 2 fully saturated rings. The van der Waals surface area contributed by atoms with Gasteiger partial charge < -0.3 is 29.6 Å². The van der Waals surface area contributed by atoms with Crippen molar-refractivity contribution in [3.63, 3.8) is 0 Å². The Kier molecular flexibility index (Phi) is 7.95. The van der Waals surface area contributed by atoms with Crippen LogP contribution in [0, 0.1) is 0 Å². The number of piperazine rings is 1. The van der Waals surface area contributed by atoms with Crippen molar-refractivity contribution in [2.45, 2.75) is 37.7 Å². The Labute approximate surface area is 202 Å². The number of hydrogen-bond acceptors (Lipinski definition) is 6. The molecular weight excluding hydrogens is 430 g/mol. The van der Waals surface area contributed by atoms with Crippen molar-refractivity contribution in [2.24, 2.45) is 0 Å². The second-order valence-corrected chi connectivity index (χ2v) is 9.52. The van der Waals surface area contributed by atoms with Gasteiger partial charge in [-0.2, -0.15) is 0 Å². The Balaban J connectivity index is 1.18. The molecule has 184 valence electrons. The first-order valence-electron chi connectivity index (χ1n) is 12.4. The second kappa shape index (κ2) is 11.1. The van der Waals surface area contributed by atoms with E-state index in [1.54, 1.807) is 24.3 Å². The third kappa shape index (κ3) is 6.02. The van der Waals surface area contributed by atoms with E-state index in [4.69, 9.17) is 4.74 Å². The van der Waals surface area contributed by atoms with Crippen LogP contribution in [-0.4, -0.2) is 78.8 Å². The number of likely N-dealkylation sites (tertiary alicyclic amines) is 1. The van der Waals surface area contributed by atoms with E-state index < -0.39 is 5.60 Å². The van der Waals surface area contributed by atoms with E-state index in [2.05, 4.69) is 29.0 Å². The molecule has 2 aliphatic rings. The molecule has 2 aliphatic heterocycles. The summed E-state index contributed by atoms with van der Waals surface area (Å²) in [5.74, 6) is 1.25. The molecule has 0 aromatic heterocycles. The zero-order valence-corrected chi connectivity index (χ0v) is 20.2. The number of likely N-dealkylation sites (N-methyl/N-ethyl adjacent to an activating group) is 1. The second-order valence-electron chi connectivity index (χ2n) is 9.52. The number of phenolic OH excluding ortho intramolecular Hbond substituents is 1. The van der Waals surface area contributed by atoms with Gasteiger partial charge in [-0.05, 0) is 62.6 Å². The van der Waals surface area contributed by atoms with Crippen molar-refractivity contribution in [2.75, 3.05) is 57.8 Å². The molecule has 1 amide bonds. The van der Waals surface area contributed by atoms with Crippen molar-refractivity contribution < 1.29 is 19.7 Å². The number of benzene rings is 2. The van der Waals surface area contributed by atoms with Crippen molar-refractivity contribution in [1.82, 2.24) is 9.80 Å². The highest BCUT2D eigenvalue weighted by Gasteiger charge is 2.35. The summed E-state index contributed by atoms with van der Waals surface area (Å²) in [5, 5.41) is 20.4. The molecule has 2 aromatic carbocycles. The maximum absolute atomic E-state index is 12.7. The molecule has 0 atom stereocenters. The average Bonchev–Trinajstić information content (AvgIpc) is 2.85. The van der Waals surface area contributed by atoms with E-state index in [1.807, 2.05) is 17.0 Å². The number of ether oxygens (including phenoxy) is 1. The van der Waals surface area contributed by atoms with Gasteiger partial charge >= 0.3 is 0 Å². The van der Waals surface area contributed by atoms with Crippen LogP contribution in [0.5, 0.6) is 11.5 Å². The predicted molar refractivity (Wildman–Crippen MR) is 133 cm³/mol. The van der Waals surface area contributed by atoms with Gasteiger partial charge in [0.05, 0.1) is 17.9 Å². The zero-order valence-electron chi connectivity index (χ0n) is 20.2. The van der Waals surface area contributed by atoms with Crippen molar-refractivity contribution in [3.05, 3.63) is 54.1 Å². The number of anilines is 1. The van der Waals surface area contributed by atoms with Gasteiger partial charge in [-0.25, -0.2) is 0 Å². The monoisotopic (exact) mass is 467 g/mol. The summed E-state index contributed by atoms with van der Waals surface area (Å²) in [6.07, 6.45) is 3.13. The number of rotatable bonds is 8. The van der Waals surface area contributed by atoms with E-state index in [1.165, 1.54) is 0 Å². The first kappa shape index (κ1) is 24.4. The third-order valence-electron chi connectivity index (χ3n) is 7.10. The Bertz CT molecular complexity index is 933. The Morgan fingerprint density at radius 2 is 1.62 bits per heavy atom. The first-order valence-corrected chi connectivity index (χ1v) is 12.4. The maximum Gasteiger partial charge on any atom is 0.222 e. The summed E-state index contributed by atoms with van der Waals surface area (Å²) < 4.78 is 6.10. The zero-order chi connectivity index (χ0) is 24.0. The fourth-order valence-corrected chi connectivity index (χ4v) is 4.79. The molecule has 0 unspecified atom stereocenters. The smallest absolute Gasteiger partial charge is 0.222 e. The average molecular weight is 468 g/mol. The van der Waals surface area contributed by atoms with Gasteiger partial charge in [-0.1, -0.05) is 24.3 Å². The van der Waals surface area contributed by atoms with Gasteiger partial charge in [0.25, 0.3) is 0 Å². The molecular formula is C27H37N3O4. The summed E-state index contributed by atoms with van der Waals surface area (Å²) in [4.78, 5) is 19.3. The fourth-order valence-electron chi connectivity index (χ4n) is 4.79. The quantitative estimate of drug-likeness (QED) is 0.581. The van der Waals surface area contributed by atoms with Crippen molar-refractivity contribution in [1.29, 1.82) is 0 Å². The summed E-state index contributed by atoms with van der Waals surface area (Å²) in [6.45, 7) is 5.81. The maximum atomic E-state index is 12.7. The summed E-state index contributed by atoms with van der Waals surface area (Å²) in [7, 11) is 2.15. The van der Waals surface area contributed by atoms with Crippen LogP contribution in [0.2, 0.25) is 0 Å². The number of unbranched alkanes of at least 4 members (excludes halogenated alkanes) is 1. The van der Waals surface area contributed by atoms with E-state index in [9.17, 15) is 15.0 Å². The molecule has 2 saturated heterocycles. The number of aliphatic hydroxyl groups is 1. The van der Waals surface area contributed by atoms with Gasteiger partial charge in [0, 0.05) is 45.7 Å². The third-order valence-corrected chi connectivity index (χ3v) is 7.10. The predicted octanol–water partition coefficient (Wildman–Crippen LogP) is 3.20. The Morgan fingerprint density at radius 1 is 0.941 bits per heavy atom. The van der Waals surface area contributed by atoms with Gasteiger partial charge in [-0.15, -0.1) is 0 Å². The summed E-state index contributed by atoms with van der Waals surface area (Å²) in [5.41, 5.74) is 1.02. The van der Waals surface area contributed by atoms with Crippen LogP contribution in [0.3, 0.4) is 0 Å². The van der Waals surface area contributed by atoms with Gasteiger partial charge in [0.15, 0.2) is 0 Å². The molecule has 34 heavy (non-hydrogen) atoms. The number of aromatic hydroxyl groups is 1. The van der Waals surface area contributed by atoms with Crippen LogP contribution >= 0.6 is 0 Å². The number of carbonyl (C=O) groups excluding carboxylic acids is 1. The van der Waals surface area contributed by atoms with E-state index in [0.29, 0.717) is 39.0 Å². The minimum atomic E-state index is -0.935. The summed E-state index contributed by atoms with van der Waals surface area (Å²) in [6, 6.07) is 14.9. The number of piperidine rings is 1. The lowest BCUT2D eigenvalue weighted by Gasteiger charge is -2.38. The van der Waals surface area contributed by atoms with Crippen LogP contribution < -0.4 is 9.64 Å². The van der Waals surface area contributed by atoms with Gasteiger partial charge in [-0.3, -0.25) is 4.79 Å². The largest absolute Gasteiger partial charge is 0.508 e. The molecule has 7 nitrogen and oxygen atoms in total.